The molecule has 7 nitrogen and oxygen atoms in total. The summed E-state index contributed by atoms with van der Waals surface area (Å²) in [4.78, 5) is 30.6. The Hall–Kier alpha value is -3.41. The van der Waals surface area contributed by atoms with Crippen LogP contribution >= 0.6 is 0 Å². The Morgan fingerprint density at radius 2 is 2.10 bits per heavy atom. The summed E-state index contributed by atoms with van der Waals surface area (Å²) in [5, 5.41) is 15.0. The molecule has 1 amide bonds. The lowest BCUT2D eigenvalue weighted by molar-refractivity contribution is -0.140. The van der Waals surface area contributed by atoms with Crippen molar-refractivity contribution in [2.75, 3.05) is 18.0 Å². The van der Waals surface area contributed by atoms with Crippen LogP contribution in [0.1, 0.15) is 35.1 Å². The number of carbonyl (C=O) groups excluding carboxylic acids is 2. The van der Waals surface area contributed by atoms with Crippen LogP contribution in [0.25, 0.3) is 16.0 Å². The van der Waals surface area contributed by atoms with Crippen molar-refractivity contribution in [1.29, 1.82) is 0 Å². The zero-order valence-electron chi connectivity index (χ0n) is 16.7. The third-order valence-corrected chi connectivity index (χ3v) is 5.74. The normalized spacial score (nSPS) is 19.2. The van der Waals surface area contributed by atoms with Crippen molar-refractivity contribution in [3.05, 3.63) is 81.2 Å². The van der Waals surface area contributed by atoms with Gasteiger partial charge in [0.05, 0.1) is 12.1 Å². The van der Waals surface area contributed by atoms with Gasteiger partial charge in [0.15, 0.2) is 11.4 Å². The summed E-state index contributed by atoms with van der Waals surface area (Å²) in [6.45, 7) is 2.44. The van der Waals surface area contributed by atoms with E-state index in [9.17, 15) is 14.7 Å². The van der Waals surface area contributed by atoms with Crippen LogP contribution in [-0.4, -0.2) is 29.9 Å². The molecular formula is C23H22N4O3. The number of fused-ring (bicyclic) bond motifs is 2. The van der Waals surface area contributed by atoms with Gasteiger partial charge < -0.3 is 10.0 Å². The van der Waals surface area contributed by atoms with E-state index in [0.29, 0.717) is 36.2 Å². The molecule has 0 saturated carbocycles. The number of rotatable bonds is 7. The van der Waals surface area contributed by atoms with E-state index in [1.807, 2.05) is 43.3 Å². The quantitative estimate of drug-likeness (QED) is 0.329. The number of azide groups is 1. The maximum atomic E-state index is 13.3. The van der Waals surface area contributed by atoms with Crippen LogP contribution in [-0.2, 0) is 21.6 Å². The third-order valence-electron chi connectivity index (χ3n) is 5.74. The average molecular weight is 402 g/mol. The maximum Gasteiger partial charge on any atom is 0.264 e. The van der Waals surface area contributed by atoms with Gasteiger partial charge in [-0.1, -0.05) is 53.2 Å². The topological polar surface area (TPSA) is 106 Å². The minimum absolute atomic E-state index is 0.251. The Morgan fingerprint density at radius 1 is 1.30 bits per heavy atom. The Morgan fingerprint density at radius 3 is 2.90 bits per heavy atom. The number of amides is 1. The summed E-state index contributed by atoms with van der Waals surface area (Å²) in [6, 6.07) is 13.1. The first-order chi connectivity index (χ1) is 14.5. The average Bonchev–Trinajstić information content (AvgIpc) is 3.25. The summed E-state index contributed by atoms with van der Waals surface area (Å²) in [5.74, 6) is -0.761. The second-order valence-corrected chi connectivity index (χ2v) is 7.72. The fourth-order valence-corrected chi connectivity index (χ4v) is 4.28. The van der Waals surface area contributed by atoms with E-state index in [2.05, 4.69) is 10.0 Å². The monoisotopic (exact) mass is 402 g/mol. The Bertz CT molecular complexity index is 1120. The molecule has 4 rings (SSSR count). The number of aliphatic hydroxyl groups is 1. The molecule has 30 heavy (non-hydrogen) atoms. The lowest BCUT2D eigenvalue weighted by Crippen LogP contribution is -2.42. The molecule has 1 unspecified atom stereocenters. The van der Waals surface area contributed by atoms with Crippen LogP contribution in [0.15, 0.2) is 53.7 Å². The van der Waals surface area contributed by atoms with Crippen LogP contribution in [0.4, 0.5) is 5.69 Å². The second kappa shape index (κ2) is 7.78. The van der Waals surface area contributed by atoms with E-state index in [4.69, 9.17) is 5.53 Å². The standard InChI is InChI=1S/C23H22N4O3/c1-15-7-10-20-19(13-15)23(30,22(29)27(20)12-4-11-25-26-24)14-21(28)18-9-8-16-5-2-3-6-17(16)18/h2-3,5-7,9-10,13,30H,4,8,11-12,14H2,1H3. The summed E-state index contributed by atoms with van der Waals surface area (Å²) in [6.07, 6.45) is 2.69. The highest BCUT2D eigenvalue weighted by atomic mass is 16.3. The molecule has 1 aliphatic carbocycles. The van der Waals surface area contributed by atoms with Crippen molar-refractivity contribution in [2.24, 2.45) is 5.11 Å². The molecule has 2 aromatic rings. The molecule has 0 bridgehead atoms. The third kappa shape index (κ3) is 3.28. The first kappa shape index (κ1) is 19.9. The lowest BCUT2D eigenvalue weighted by atomic mass is 9.86. The number of hydrogen-bond acceptors (Lipinski definition) is 4. The van der Waals surface area contributed by atoms with Crippen molar-refractivity contribution in [3.63, 3.8) is 0 Å². The van der Waals surface area contributed by atoms with Gasteiger partial charge in [-0.25, -0.2) is 0 Å². The molecule has 1 heterocycles. The van der Waals surface area contributed by atoms with Gasteiger partial charge in [0.2, 0.25) is 0 Å². The largest absolute Gasteiger partial charge is 0.375 e. The molecule has 2 aromatic carbocycles. The molecular weight excluding hydrogens is 380 g/mol. The van der Waals surface area contributed by atoms with Crippen molar-refractivity contribution in [2.45, 2.75) is 31.8 Å². The van der Waals surface area contributed by atoms with Crippen molar-refractivity contribution in [3.8, 4) is 0 Å². The zero-order valence-corrected chi connectivity index (χ0v) is 16.7. The molecule has 1 N–H and O–H groups in total. The van der Waals surface area contributed by atoms with Crippen LogP contribution < -0.4 is 4.90 Å². The zero-order chi connectivity index (χ0) is 21.3. The van der Waals surface area contributed by atoms with Crippen LogP contribution in [0.3, 0.4) is 0 Å². The van der Waals surface area contributed by atoms with E-state index in [-0.39, 0.29) is 18.7 Å². The maximum absolute atomic E-state index is 13.3. The lowest BCUT2D eigenvalue weighted by Gasteiger charge is -2.23. The van der Waals surface area contributed by atoms with Gasteiger partial charge in [-0.2, -0.15) is 0 Å². The van der Waals surface area contributed by atoms with Gasteiger partial charge in [0.1, 0.15) is 0 Å². The van der Waals surface area contributed by atoms with Gasteiger partial charge in [0.25, 0.3) is 5.91 Å². The molecule has 0 saturated heterocycles. The van der Waals surface area contributed by atoms with E-state index >= 15 is 0 Å². The minimum atomic E-state index is -1.91. The highest BCUT2D eigenvalue weighted by molar-refractivity contribution is 6.24. The number of allylic oxidation sites excluding steroid dienone is 2. The summed E-state index contributed by atoms with van der Waals surface area (Å²) in [7, 11) is 0. The van der Waals surface area contributed by atoms with Crippen molar-refractivity contribution in [1.82, 2.24) is 0 Å². The molecule has 1 aliphatic heterocycles. The molecule has 0 aromatic heterocycles. The van der Waals surface area contributed by atoms with Crippen LogP contribution in [0.2, 0.25) is 0 Å². The van der Waals surface area contributed by atoms with Gasteiger partial charge >= 0.3 is 0 Å². The molecule has 2 aliphatic rings. The van der Waals surface area contributed by atoms with E-state index in [1.165, 1.54) is 4.90 Å². The predicted molar refractivity (Wildman–Crippen MR) is 114 cm³/mol. The highest BCUT2D eigenvalue weighted by Gasteiger charge is 2.51. The first-order valence-corrected chi connectivity index (χ1v) is 9.93. The molecule has 1 atom stereocenters. The minimum Gasteiger partial charge on any atom is -0.375 e. The molecule has 0 radical (unpaired) electrons. The molecule has 152 valence electrons. The van der Waals surface area contributed by atoms with E-state index < -0.39 is 11.5 Å². The second-order valence-electron chi connectivity index (χ2n) is 7.72. The van der Waals surface area contributed by atoms with Crippen LogP contribution in [0.5, 0.6) is 0 Å². The summed E-state index contributed by atoms with van der Waals surface area (Å²) >= 11 is 0. The number of ketones is 1. The number of hydrogen-bond donors (Lipinski definition) is 1. The van der Waals surface area contributed by atoms with Crippen molar-refractivity contribution >= 4 is 23.0 Å². The fourth-order valence-electron chi connectivity index (χ4n) is 4.28. The number of Topliss-reactive ketones (excluding diaryl/α,β-unsaturated/α-hetero) is 1. The molecule has 0 spiro atoms. The Labute approximate surface area is 174 Å². The Balaban J connectivity index is 1.64. The number of anilines is 1. The van der Waals surface area contributed by atoms with Crippen molar-refractivity contribution < 1.29 is 14.7 Å². The highest BCUT2D eigenvalue weighted by Crippen LogP contribution is 2.44. The number of nitrogens with zero attached hydrogens (tertiary/aromatic N) is 4. The van der Waals surface area contributed by atoms with Gasteiger partial charge in [-0.05, 0) is 42.5 Å². The molecule has 0 fully saturated rings. The fraction of sp³-hybridized carbons (Fsp3) is 0.304. The van der Waals surface area contributed by atoms with Gasteiger partial charge in [-0.3, -0.25) is 9.59 Å². The number of carbonyl (C=O) groups is 2. The summed E-state index contributed by atoms with van der Waals surface area (Å²) < 4.78 is 0. The Kier molecular flexibility index (Phi) is 5.16. The summed E-state index contributed by atoms with van der Waals surface area (Å²) in [5.41, 5.74) is 11.0. The predicted octanol–water partition coefficient (Wildman–Crippen LogP) is 3.83. The number of aryl methyl sites for hydroxylation is 1. The first-order valence-electron chi connectivity index (χ1n) is 9.93. The number of benzene rings is 2. The molecule has 7 heteroatoms. The SMILES string of the molecule is Cc1ccc2c(c1)C(O)(CC(=O)C1=CCc3ccccc31)C(=O)N2CCCN=[N+]=[N-]. The van der Waals surface area contributed by atoms with E-state index in [1.54, 1.807) is 12.1 Å². The van der Waals surface area contributed by atoms with Gasteiger partial charge in [-0.15, -0.1) is 0 Å². The smallest absolute Gasteiger partial charge is 0.264 e. The van der Waals surface area contributed by atoms with Crippen LogP contribution in [0, 0.1) is 6.92 Å². The van der Waals surface area contributed by atoms with E-state index in [0.717, 1.165) is 16.7 Å². The van der Waals surface area contributed by atoms with Gasteiger partial charge in [0, 0.05) is 29.1 Å².